The third-order valence-corrected chi connectivity index (χ3v) is 4.40. The minimum absolute atomic E-state index is 0.00104. The van der Waals surface area contributed by atoms with E-state index in [1.54, 1.807) is 12.1 Å². The van der Waals surface area contributed by atoms with Crippen molar-refractivity contribution in [3.05, 3.63) is 33.8 Å². The first-order valence-electron chi connectivity index (χ1n) is 7.85. The highest BCUT2D eigenvalue weighted by atomic mass is 35.5. The lowest BCUT2D eigenvalue weighted by Gasteiger charge is -2.24. The van der Waals surface area contributed by atoms with Crippen LogP contribution in [0.5, 0.6) is 0 Å². The van der Waals surface area contributed by atoms with Crippen LogP contribution in [0.1, 0.15) is 0 Å². The standard InChI is InChI=1S/C13H14ClN6O3.CHF3O3S/c1-20(2,3)9-5-4-7(6-8(9)14)19-12(18-22-13(19)21)10-11(15)17-23-16-10;2-1(3,4)8(5,6)7/h4-6H,1-3H3,(H2,15,17);(H,5,6,7)/q+1;/p-1. The van der Waals surface area contributed by atoms with Gasteiger partial charge in [0.05, 0.1) is 26.8 Å². The molecular formula is C14H14ClF3N6O6S. The molecule has 0 fully saturated rings. The number of nitrogens with two attached hydrogens (primary N) is 1. The zero-order chi connectivity index (χ0) is 23.8. The molecule has 0 unspecified atom stereocenters. The van der Waals surface area contributed by atoms with E-state index in [0.29, 0.717) is 15.2 Å². The summed E-state index contributed by atoms with van der Waals surface area (Å²) in [7, 11) is -0.133. The molecule has 0 aliphatic carbocycles. The molecule has 0 atom stereocenters. The molecule has 0 spiro atoms. The molecule has 0 aliphatic rings. The van der Waals surface area contributed by atoms with Gasteiger partial charge in [-0.3, -0.25) is 9.01 Å². The van der Waals surface area contributed by atoms with Gasteiger partial charge in [0.25, 0.3) is 0 Å². The number of quaternary nitrogens is 1. The average Bonchev–Trinajstić information content (AvgIpc) is 3.17. The van der Waals surface area contributed by atoms with Crippen LogP contribution in [0.2, 0.25) is 5.02 Å². The summed E-state index contributed by atoms with van der Waals surface area (Å²) < 4.78 is 69.9. The first-order valence-corrected chi connectivity index (χ1v) is 9.64. The molecule has 17 heteroatoms. The molecule has 0 saturated carbocycles. The molecule has 0 radical (unpaired) electrons. The smallest absolute Gasteiger partial charge is 0.485 e. The van der Waals surface area contributed by atoms with Gasteiger partial charge in [0.2, 0.25) is 5.82 Å². The number of aromatic nitrogens is 4. The van der Waals surface area contributed by atoms with Gasteiger partial charge in [-0.2, -0.15) is 13.2 Å². The van der Waals surface area contributed by atoms with E-state index in [0.717, 1.165) is 5.69 Å². The topological polar surface area (TPSA) is 170 Å². The predicted octanol–water partition coefficient (Wildman–Crippen LogP) is 1.36. The minimum atomic E-state index is -6.09. The van der Waals surface area contributed by atoms with Gasteiger partial charge in [-0.05, 0) is 22.4 Å². The summed E-state index contributed by atoms with van der Waals surface area (Å²) >= 11 is 6.34. The third-order valence-electron chi connectivity index (χ3n) is 3.53. The van der Waals surface area contributed by atoms with E-state index >= 15 is 0 Å². The van der Waals surface area contributed by atoms with Gasteiger partial charge in [0, 0.05) is 6.07 Å². The highest BCUT2D eigenvalue weighted by Gasteiger charge is 2.36. The monoisotopic (exact) mass is 486 g/mol. The van der Waals surface area contributed by atoms with E-state index in [1.165, 1.54) is 4.57 Å². The van der Waals surface area contributed by atoms with Crippen molar-refractivity contribution in [2.75, 3.05) is 26.9 Å². The lowest BCUT2D eigenvalue weighted by molar-refractivity contribution is -0.0517. The summed E-state index contributed by atoms with van der Waals surface area (Å²) in [6.45, 7) is 0. The SMILES string of the molecule is C[N+](C)(C)c1ccc(-n2c(-c3nonc3N)noc2=O)cc1Cl.O=S(=O)([O-])C(F)(F)F. The highest BCUT2D eigenvalue weighted by molar-refractivity contribution is 7.86. The summed E-state index contributed by atoms with van der Waals surface area (Å²) in [5, 5.41) is 11.3. The van der Waals surface area contributed by atoms with Gasteiger partial charge in [0.15, 0.2) is 27.3 Å². The molecule has 31 heavy (non-hydrogen) atoms. The number of alkyl halides is 3. The molecule has 0 saturated heterocycles. The molecule has 2 N–H and O–H groups in total. The van der Waals surface area contributed by atoms with Crippen LogP contribution in [0.25, 0.3) is 17.2 Å². The van der Waals surface area contributed by atoms with Crippen molar-refractivity contribution in [2.45, 2.75) is 5.51 Å². The predicted molar refractivity (Wildman–Crippen MR) is 100 cm³/mol. The second kappa shape index (κ2) is 8.29. The maximum Gasteiger partial charge on any atom is 0.485 e. The first-order chi connectivity index (χ1) is 14.0. The van der Waals surface area contributed by atoms with Crippen LogP contribution in [0.4, 0.5) is 24.7 Å². The maximum absolute atomic E-state index is 12.0. The van der Waals surface area contributed by atoms with E-state index in [2.05, 4.69) is 20.1 Å². The molecule has 3 rings (SSSR count). The van der Waals surface area contributed by atoms with E-state index in [1.807, 2.05) is 27.2 Å². The Bertz CT molecular complexity index is 1240. The number of benzene rings is 1. The van der Waals surface area contributed by atoms with Crippen molar-refractivity contribution >= 4 is 33.2 Å². The molecule has 0 bridgehead atoms. The van der Waals surface area contributed by atoms with Gasteiger partial charge < -0.3 is 10.3 Å². The molecule has 170 valence electrons. The molecule has 2 aromatic heterocycles. The van der Waals surface area contributed by atoms with Crippen LogP contribution in [-0.4, -0.2) is 59.7 Å². The Morgan fingerprint density at radius 3 is 2.19 bits per heavy atom. The number of nitrogen functional groups attached to an aromatic ring is 1. The van der Waals surface area contributed by atoms with Gasteiger partial charge >= 0.3 is 11.3 Å². The molecule has 1 aromatic carbocycles. The normalized spacial score (nSPS) is 12.4. The van der Waals surface area contributed by atoms with Gasteiger partial charge in [0.1, 0.15) is 5.02 Å². The summed E-state index contributed by atoms with van der Waals surface area (Å²) in [5.41, 5.74) is 1.48. The average molecular weight is 487 g/mol. The van der Waals surface area contributed by atoms with E-state index in [-0.39, 0.29) is 17.3 Å². The largest absolute Gasteiger partial charge is 0.741 e. The number of hydrogen-bond donors (Lipinski definition) is 1. The summed E-state index contributed by atoms with van der Waals surface area (Å²) in [6.07, 6.45) is 0. The quantitative estimate of drug-likeness (QED) is 0.323. The van der Waals surface area contributed by atoms with Crippen LogP contribution in [0, 0.1) is 0 Å². The van der Waals surface area contributed by atoms with Crippen molar-refractivity contribution in [1.29, 1.82) is 0 Å². The summed E-state index contributed by atoms with van der Waals surface area (Å²) in [6, 6.07) is 5.20. The number of nitrogens with zero attached hydrogens (tertiary/aromatic N) is 5. The Balaban J connectivity index is 0.000000366. The van der Waals surface area contributed by atoms with E-state index in [9.17, 15) is 18.0 Å². The van der Waals surface area contributed by atoms with Crippen molar-refractivity contribution < 1.29 is 35.3 Å². The molecular weight excluding hydrogens is 473 g/mol. The van der Waals surface area contributed by atoms with Crippen LogP contribution in [0.15, 0.2) is 32.1 Å². The maximum atomic E-state index is 12.0. The second-order valence-electron chi connectivity index (χ2n) is 6.65. The fourth-order valence-corrected chi connectivity index (χ4v) is 2.59. The third kappa shape index (κ3) is 5.40. The number of hydrogen-bond acceptors (Lipinski definition) is 10. The van der Waals surface area contributed by atoms with Crippen LogP contribution in [0.3, 0.4) is 0 Å². The zero-order valence-electron chi connectivity index (χ0n) is 15.9. The summed E-state index contributed by atoms with van der Waals surface area (Å²) in [5.74, 6) is -0.611. The zero-order valence-corrected chi connectivity index (χ0v) is 17.5. The minimum Gasteiger partial charge on any atom is -0.741 e. The van der Waals surface area contributed by atoms with Crippen molar-refractivity contribution in [1.82, 2.24) is 24.5 Å². The molecule has 2 heterocycles. The van der Waals surface area contributed by atoms with Crippen molar-refractivity contribution in [3.8, 4) is 17.2 Å². The van der Waals surface area contributed by atoms with Crippen LogP contribution >= 0.6 is 11.6 Å². The Morgan fingerprint density at radius 2 is 1.77 bits per heavy atom. The number of halogens is 4. The first kappa shape index (κ1) is 24.3. The Kier molecular flexibility index (Phi) is 6.51. The second-order valence-corrected chi connectivity index (χ2v) is 8.43. The Morgan fingerprint density at radius 1 is 1.19 bits per heavy atom. The van der Waals surface area contributed by atoms with Gasteiger partial charge in [-0.1, -0.05) is 16.8 Å². The lowest BCUT2D eigenvalue weighted by Crippen LogP contribution is -2.35. The Labute approximate surface area is 176 Å². The molecule has 0 amide bonds. The number of anilines is 1. The van der Waals surface area contributed by atoms with Crippen molar-refractivity contribution in [2.24, 2.45) is 0 Å². The van der Waals surface area contributed by atoms with Gasteiger partial charge in [-0.25, -0.2) is 22.4 Å². The highest BCUT2D eigenvalue weighted by Crippen LogP contribution is 2.31. The lowest BCUT2D eigenvalue weighted by atomic mass is 10.2. The van der Waals surface area contributed by atoms with E-state index < -0.39 is 21.4 Å². The van der Waals surface area contributed by atoms with Crippen LogP contribution < -0.4 is 16.0 Å². The van der Waals surface area contributed by atoms with Gasteiger partial charge in [-0.15, -0.1) is 0 Å². The fraction of sp³-hybridized carbons (Fsp3) is 0.286. The van der Waals surface area contributed by atoms with Crippen molar-refractivity contribution in [3.63, 3.8) is 0 Å². The fourth-order valence-electron chi connectivity index (χ4n) is 2.16. The Hall–Kier alpha value is -2.95. The molecule has 12 nitrogen and oxygen atoms in total. The molecule has 3 aromatic rings. The van der Waals surface area contributed by atoms with E-state index in [4.69, 9.17) is 34.8 Å². The summed E-state index contributed by atoms with van der Waals surface area (Å²) in [4.78, 5) is 12.0. The molecule has 0 aliphatic heterocycles. The van der Waals surface area contributed by atoms with Crippen LogP contribution in [-0.2, 0) is 10.1 Å². The number of rotatable bonds is 3.